The first-order chi connectivity index (χ1) is 9.77. The van der Waals surface area contributed by atoms with Crippen molar-refractivity contribution in [2.45, 2.75) is 0 Å². The topological polar surface area (TPSA) is 32.9 Å². The van der Waals surface area contributed by atoms with Crippen LogP contribution in [0.1, 0.15) is 15.9 Å². The van der Waals surface area contributed by atoms with Crippen molar-refractivity contribution >= 4 is 39.9 Å². The van der Waals surface area contributed by atoms with Gasteiger partial charge in [-0.05, 0) is 12.1 Å². The number of para-hydroxylation sites is 1. The molecule has 0 unspecified atom stereocenters. The fraction of sp³-hybridized carbons (Fsp3) is 0.0625. The summed E-state index contributed by atoms with van der Waals surface area (Å²) in [5, 5.41) is 1.26. The van der Waals surface area contributed by atoms with Crippen molar-refractivity contribution < 1.29 is 4.79 Å². The molecule has 1 N–H and O–H groups in total. The maximum atomic E-state index is 12.3. The van der Waals surface area contributed by atoms with Crippen LogP contribution in [0.5, 0.6) is 0 Å². The molecular weight excluding hydrogens is 293 g/mol. The quantitative estimate of drug-likeness (QED) is 0.534. The van der Waals surface area contributed by atoms with E-state index in [-0.39, 0.29) is 11.1 Å². The number of halogens is 2. The summed E-state index contributed by atoms with van der Waals surface area (Å²) in [6, 6.07) is 17.1. The number of nitrogens with one attached hydrogen (secondary N) is 1. The van der Waals surface area contributed by atoms with Crippen LogP contribution >= 0.6 is 23.2 Å². The molecule has 3 rings (SSSR count). The molecule has 2 aromatic carbocycles. The van der Waals surface area contributed by atoms with Crippen LogP contribution in [-0.4, -0.2) is 16.1 Å². The standard InChI is InChI=1S/C15H11NO.CH2Cl2/c17-15(12-5-2-1-3-6-12)13-8-4-7-11-9-10-16-14(11)13;2-1-3/h1-10,16H;1H2. The lowest BCUT2D eigenvalue weighted by Crippen LogP contribution is -2.01. The molecule has 1 heterocycles. The van der Waals surface area contributed by atoms with Crippen molar-refractivity contribution in [1.29, 1.82) is 0 Å². The molecule has 0 aliphatic carbocycles. The Bertz CT molecular complexity index is 692. The molecule has 0 saturated heterocycles. The van der Waals surface area contributed by atoms with E-state index in [0.717, 1.165) is 22.0 Å². The number of carbonyl (C=O) groups excluding carboxylic acids is 1. The van der Waals surface area contributed by atoms with Crippen LogP contribution in [0.3, 0.4) is 0 Å². The average molecular weight is 306 g/mol. The van der Waals surface area contributed by atoms with Gasteiger partial charge >= 0.3 is 0 Å². The van der Waals surface area contributed by atoms with Crippen LogP contribution in [0.15, 0.2) is 60.8 Å². The third kappa shape index (κ3) is 3.21. The highest BCUT2D eigenvalue weighted by atomic mass is 35.5. The largest absolute Gasteiger partial charge is 0.361 e. The summed E-state index contributed by atoms with van der Waals surface area (Å²) in [4.78, 5) is 15.5. The van der Waals surface area contributed by atoms with Crippen LogP contribution in [0.2, 0.25) is 0 Å². The van der Waals surface area contributed by atoms with Crippen LogP contribution in [-0.2, 0) is 0 Å². The second kappa shape index (κ2) is 7.13. The van der Waals surface area contributed by atoms with E-state index in [4.69, 9.17) is 23.2 Å². The summed E-state index contributed by atoms with van der Waals surface area (Å²) in [5.41, 5.74) is 2.34. The molecule has 0 fully saturated rings. The van der Waals surface area contributed by atoms with Gasteiger partial charge in [0.25, 0.3) is 0 Å². The minimum Gasteiger partial charge on any atom is -0.361 e. The molecule has 0 radical (unpaired) electrons. The molecule has 0 aliphatic rings. The molecule has 0 atom stereocenters. The zero-order valence-electron chi connectivity index (χ0n) is 10.6. The highest BCUT2D eigenvalue weighted by Crippen LogP contribution is 2.19. The Kier molecular flexibility index (Phi) is 5.22. The summed E-state index contributed by atoms with van der Waals surface area (Å²) in [6.07, 6.45) is 1.85. The fourth-order valence-electron chi connectivity index (χ4n) is 2.02. The van der Waals surface area contributed by atoms with Crippen molar-refractivity contribution in [3.8, 4) is 0 Å². The number of alkyl halides is 2. The minimum atomic E-state index is 0.0543. The van der Waals surface area contributed by atoms with Gasteiger partial charge in [0.1, 0.15) is 0 Å². The monoisotopic (exact) mass is 305 g/mol. The highest BCUT2D eigenvalue weighted by molar-refractivity contribution is 6.40. The molecule has 4 heteroatoms. The lowest BCUT2D eigenvalue weighted by Gasteiger charge is -2.02. The van der Waals surface area contributed by atoms with E-state index in [1.165, 1.54) is 0 Å². The summed E-state index contributed by atoms with van der Waals surface area (Å²) in [6.45, 7) is 0. The van der Waals surface area contributed by atoms with Gasteiger partial charge in [0, 0.05) is 22.7 Å². The van der Waals surface area contributed by atoms with Crippen LogP contribution in [0.4, 0.5) is 0 Å². The molecule has 20 heavy (non-hydrogen) atoms. The Labute approximate surface area is 127 Å². The van der Waals surface area contributed by atoms with Gasteiger partial charge in [0.15, 0.2) is 5.78 Å². The van der Waals surface area contributed by atoms with Gasteiger partial charge in [0.05, 0.1) is 10.9 Å². The molecule has 0 aliphatic heterocycles. The number of benzene rings is 2. The molecule has 0 saturated carbocycles. The van der Waals surface area contributed by atoms with Crippen LogP contribution in [0.25, 0.3) is 10.9 Å². The van der Waals surface area contributed by atoms with E-state index in [2.05, 4.69) is 4.98 Å². The van der Waals surface area contributed by atoms with Crippen molar-refractivity contribution in [3.05, 3.63) is 71.9 Å². The van der Waals surface area contributed by atoms with E-state index < -0.39 is 0 Å². The first-order valence-corrected chi connectivity index (χ1v) is 7.12. The van der Waals surface area contributed by atoms with Gasteiger partial charge in [0.2, 0.25) is 0 Å². The molecule has 3 aromatic rings. The second-order valence-electron chi connectivity index (χ2n) is 4.04. The Morgan fingerprint density at radius 3 is 2.35 bits per heavy atom. The first-order valence-electron chi connectivity index (χ1n) is 6.05. The molecule has 102 valence electrons. The van der Waals surface area contributed by atoms with Gasteiger partial charge in [-0.15, -0.1) is 23.2 Å². The third-order valence-corrected chi connectivity index (χ3v) is 2.87. The van der Waals surface area contributed by atoms with Crippen molar-refractivity contribution in [2.75, 3.05) is 5.34 Å². The lowest BCUT2D eigenvalue weighted by atomic mass is 10.0. The number of hydrogen-bond donors (Lipinski definition) is 1. The van der Waals surface area contributed by atoms with E-state index in [1.807, 2.05) is 60.8 Å². The van der Waals surface area contributed by atoms with Gasteiger partial charge in [-0.2, -0.15) is 0 Å². The molecule has 0 amide bonds. The number of rotatable bonds is 2. The van der Waals surface area contributed by atoms with Crippen LogP contribution in [0, 0.1) is 0 Å². The number of H-pyrrole nitrogens is 1. The Morgan fingerprint density at radius 2 is 1.65 bits per heavy atom. The second-order valence-corrected chi connectivity index (χ2v) is 4.85. The summed E-state index contributed by atoms with van der Waals surface area (Å²) < 4.78 is 0. The molecule has 1 aromatic heterocycles. The maximum absolute atomic E-state index is 12.3. The first kappa shape index (κ1) is 14.6. The van der Waals surface area contributed by atoms with Crippen molar-refractivity contribution in [3.63, 3.8) is 0 Å². The number of aromatic nitrogens is 1. The molecule has 0 spiro atoms. The highest BCUT2D eigenvalue weighted by Gasteiger charge is 2.12. The number of carbonyl (C=O) groups is 1. The van der Waals surface area contributed by atoms with Gasteiger partial charge < -0.3 is 4.98 Å². The number of hydrogen-bond acceptors (Lipinski definition) is 1. The van der Waals surface area contributed by atoms with E-state index in [1.54, 1.807) is 0 Å². The van der Waals surface area contributed by atoms with E-state index in [9.17, 15) is 4.79 Å². The summed E-state index contributed by atoms with van der Waals surface area (Å²) >= 11 is 9.53. The summed E-state index contributed by atoms with van der Waals surface area (Å²) in [5.74, 6) is 0.0543. The smallest absolute Gasteiger partial charge is 0.195 e. The number of ketones is 1. The Morgan fingerprint density at radius 1 is 0.950 bits per heavy atom. The van der Waals surface area contributed by atoms with Gasteiger partial charge in [-0.3, -0.25) is 4.79 Å². The SMILES string of the molecule is ClCCl.O=C(c1ccccc1)c1cccc2cc[nH]c12. The number of fused-ring (bicyclic) bond motifs is 1. The molecule has 0 bridgehead atoms. The maximum Gasteiger partial charge on any atom is 0.195 e. The normalized spacial score (nSPS) is 9.90. The minimum absolute atomic E-state index is 0.0543. The zero-order chi connectivity index (χ0) is 14.4. The Balaban J connectivity index is 0.000000452. The fourth-order valence-corrected chi connectivity index (χ4v) is 2.02. The predicted molar refractivity (Wildman–Crippen MR) is 84.7 cm³/mol. The van der Waals surface area contributed by atoms with Gasteiger partial charge in [-0.1, -0.05) is 42.5 Å². The Hall–Kier alpha value is -1.77. The van der Waals surface area contributed by atoms with E-state index >= 15 is 0 Å². The summed E-state index contributed by atoms with van der Waals surface area (Å²) in [7, 11) is 0. The molecular formula is C16H13Cl2NO. The van der Waals surface area contributed by atoms with Crippen molar-refractivity contribution in [1.82, 2.24) is 4.98 Å². The van der Waals surface area contributed by atoms with Gasteiger partial charge in [-0.25, -0.2) is 0 Å². The molecule has 2 nitrogen and oxygen atoms in total. The van der Waals surface area contributed by atoms with Crippen LogP contribution < -0.4 is 0 Å². The van der Waals surface area contributed by atoms with Crippen molar-refractivity contribution in [2.24, 2.45) is 0 Å². The third-order valence-electron chi connectivity index (χ3n) is 2.87. The number of aromatic amines is 1. The zero-order valence-corrected chi connectivity index (χ0v) is 12.2. The average Bonchev–Trinajstić information content (AvgIpc) is 2.96. The van der Waals surface area contributed by atoms with E-state index in [0.29, 0.717) is 0 Å². The lowest BCUT2D eigenvalue weighted by molar-refractivity contribution is 0.104. The predicted octanol–water partition coefficient (Wildman–Crippen LogP) is 4.82.